The smallest absolute Gasteiger partial charge is 0.376 e. The average molecular weight is 238 g/mol. The average Bonchev–Trinajstić information content (AvgIpc) is 2.16. The summed E-state index contributed by atoms with van der Waals surface area (Å²) in [7, 11) is 0. The van der Waals surface area contributed by atoms with E-state index in [4.69, 9.17) is 0 Å². The van der Waals surface area contributed by atoms with Gasteiger partial charge in [-0.05, 0) is 0 Å². The van der Waals surface area contributed by atoms with Crippen LogP contribution in [0.15, 0.2) is 0 Å². The largest absolute Gasteiger partial charge is 0.425 e. The van der Waals surface area contributed by atoms with Crippen LogP contribution in [0.5, 0.6) is 0 Å². The minimum absolute atomic E-state index is 0.00947. The molecule has 1 rings (SSSR count). The van der Waals surface area contributed by atoms with Crippen molar-refractivity contribution in [2.24, 2.45) is 0 Å². The zero-order valence-electron chi connectivity index (χ0n) is 7.36. The predicted octanol–water partition coefficient (Wildman–Crippen LogP) is 1.94. The Balaban J connectivity index is 2.71. The Kier molecular flexibility index (Phi) is 3.49. The second-order valence-electron chi connectivity index (χ2n) is 3.01. The fourth-order valence-electron chi connectivity index (χ4n) is 1.09. The molecule has 0 aromatic heterocycles. The quantitative estimate of drug-likeness (QED) is 0.684. The number of ether oxygens (including phenoxy) is 2. The summed E-state index contributed by atoms with van der Waals surface area (Å²) < 4.78 is 82.3. The second-order valence-corrected chi connectivity index (χ2v) is 3.01. The minimum atomic E-state index is -5.61. The zero-order chi connectivity index (χ0) is 11.7. The standard InChI is InChI=1S/C7H8F6O2/c8-5(7(11,12)13)6(9,10)4-3-14-1-2-15-4/h4-5H,1-3H2/t4-,5-/m0/s1. The molecule has 2 atom stereocenters. The third kappa shape index (κ3) is 2.75. The van der Waals surface area contributed by atoms with Gasteiger partial charge in [0.25, 0.3) is 6.17 Å². The highest BCUT2D eigenvalue weighted by Crippen LogP contribution is 2.38. The molecule has 1 aliphatic rings. The third-order valence-electron chi connectivity index (χ3n) is 1.87. The molecule has 15 heavy (non-hydrogen) atoms. The maximum atomic E-state index is 12.9. The van der Waals surface area contributed by atoms with Crippen molar-refractivity contribution in [3.63, 3.8) is 0 Å². The lowest BCUT2D eigenvalue weighted by Crippen LogP contribution is -2.53. The van der Waals surface area contributed by atoms with Gasteiger partial charge in [0, 0.05) is 0 Å². The highest BCUT2D eigenvalue weighted by Gasteiger charge is 2.61. The van der Waals surface area contributed by atoms with Gasteiger partial charge >= 0.3 is 12.1 Å². The predicted molar refractivity (Wildman–Crippen MR) is 36.5 cm³/mol. The highest BCUT2D eigenvalue weighted by atomic mass is 19.4. The lowest BCUT2D eigenvalue weighted by molar-refractivity contribution is -0.286. The molecule has 0 N–H and O–H groups in total. The highest BCUT2D eigenvalue weighted by molar-refractivity contribution is 4.90. The van der Waals surface area contributed by atoms with Crippen LogP contribution in [0.4, 0.5) is 26.3 Å². The monoisotopic (exact) mass is 238 g/mol. The van der Waals surface area contributed by atoms with Gasteiger partial charge in [-0.25, -0.2) is 4.39 Å². The van der Waals surface area contributed by atoms with Crippen LogP contribution < -0.4 is 0 Å². The van der Waals surface area contributed by atoms with Gasteiger partial charge in [-0.2, -0.15) is 22.0 Å². The van der Waals surface area contributed by atoms with Gasteiger partial charge in [0.1, 0.15) is 6.10 Å². The molecule has 1 fully saturated rings. The number of halogens is 6. The first kappa shape index (κ1) is 12.6. The molecule has 0 aromatic rings. The van der Waals surface area contributed by atoms with Crippen molar-refractivity contribution in [3.8, 4) is 0 Å². The number of hydrogen-bond acceptors (Lipinski definition) is 2. The third-order valence-corrected chi connectivity index (χ3v) is 1.87. The Morgan fingerprint density at radius 3 is 2.07 bits per heavy atom. The fraction of sp³-hybridized carbons (Fsp3) is 1.00. The van der Waals surface area contributed by atoms with Gasteiger partial charge in [0.2, 0.25) is 0 Å². The molecule has 1 heterocycles. The fourth-order valence-corrected chi connectivity index (χ4v) is 1.09. The van der Waals surface area contributed by atoms with E-state index in [1.165, 1.54) is 0 Å². The summed E-state index contributed by atoms with van der Waals surface area (Å²) in [5.41, 5.74) is 0. The van der Waals surface area contributed by atoms with Crippen LogP contribution in [-0.2, 0) is 9.47 Å². The molecule has 0 bridgehead atoms. The minimum Gasteiger partial charge on any atom is -0.376 e. The maximum absolute atomic E-state index is 12.9. The Morgan fingerprint density at radius 1 is 1.07 bits per heavy atom. The number of hydrogen-bond donors (Lipinski definition) is 0. The van der Waals surface area contributed by atoms with E-state index in [-0.39, 0.29) is 13.2 Å². The molecule has 0 unspecified atom stereocenters. The van der Waals surface area contributed by atoms with Crippen molar-refractivity contribution in [2.75, 3.05) is 19.8 Å². The van der Waals surface area contributed by atoms with E-state index >= 15 is 0 Å². The van der Waals surface area contributed by atoms with Gasteiger partial charge in [-0.15, -0.1) is 0 Å². The van der Waals surface area contributed by atoms with Gasteiger partial charge < -0.3 is 9.47 Å². The van der Waals surface area contributed by atoms with Crippen LogP contribution in [0.2, 0.25) is 0 Å². The molecule has 0 amide bonds. The van der Waals surface area contributed by atoms with E-state index in [0.717, 1.165) is 0 Å². The van der Waals surface area contributed by atoms with Crippen LogP contribution in [0.3, 0.4) is 0 Å². The Morgan fingerprint density at radius 2 is 1.67 bits per heavy atom. The molecule has 0 radical (unpaired) electrons. The van der Waals surface area contributed by atoms with Crippen molar-refractivity contribution in [3.05, 3.63) is 0 Å². The summed E-state index contributed by atoms with van der Waals surface area (Å²) in [6.07, 6.45) is -12.0. The second kappa shape index (κ2) is 4.17. The van der Waals surface area contributed by atoms with E-state index in [2.05, 4.69) is 9.47 Å². The van der Waals surface area contributed by atoms with Crippen molar-refractivity contribution in [1.82, 2.24) is 0 Å². The van der Waals surface area contributed by atoms with Gasteiger partial charge in [0.05, 0.1) is 19.8 Å². The summed E-state index contributed by atoms with van der Waals surface area (Å²) >= 11 is 0. The van der Waals surface area contributed by atoms with Gasteiger partial charge in [-0.1, -0.05) is 0 Å². The molecule has 1 aliphatic heterocycles. The maximum Gasteiger partial charge on any atom is 0.425 e. The lowest BCUT2D eigenvalue weighted by Gasteiger charge is -2.32. The molecule has 2 nitrogen and oxygen atoms in total. The van der Waals surface area contributed by atoms with Gasteiger partial charge in [0.15, 0.2) is 0 Å². The molecule has 1 saturated heterocycles. The van der Waals surface area contributed by atoms with Crippen LogP contribution in [0, 0.1) is 0 Å². The summed E-state index contributed by atoms with van der Waals surface area (Å²) in [5.74, 6) is -4.63. The van der Waals surface area contributed by atoms with Crippen molar-refractivity contribution < 1.29 is 35.8 Å². The molecule has 0 saturated carbocycles. The van der Waals surface area contributed by atoms with E-state index in [0.29, 0.717) is 0 Å². The SMILES string of the molecule is F[C@H](C(F)(F)F)C(F)(F)[C@@H]1COCCO1. The molecule has 8 heteroatoms. The molecule has 0 aromatic carbocycles. The normalized spacial score (nSPS) is 26.4. The number of alkyl halides is 6. The van der Waals surface area contributed by atoms with Crippen molar-refractivity contribution >= 4 is 0 Å². The van der Waals surface area contributed by atoms with Crippen LogP contribution in [0.1, 0.15) is 0 Å². The summed E-state index contributed by atoms with van der Waals surface area (Å²) in [6.45, 7) is -1.01. The van der Waals surface area contributed by atoms with Crippen LogP contribution >= 0.6 is 0 Å². The topological polar surface area (TPSA) is 18.5 Å². The molecular weight excluding hydrogens is 230 g/mol. The van der Waals surface area contributed by atoms with Gasteiger partial charge in [-0.3, -0.25) is 0 Å². The Labute approximate surface area is 81.1 Å². The Bertz CT molecular complexity index is 210. The van der Waals surface area contributed by atoms with E-state index in [1.54, 1.807) is 0 Å². The summed E-state index contributed by atoms with van der Waals surface area (Å²) in [5, 5.41) is 0. The molecular formula is C7H8F6O2. The van der Waals surface area contributed by atoms with Crippen LogP contribution in [-0.4, -0.2) is 44.2 Å². The first-order chi connectivity index (χ1) is 6.76. The molecule has 90 valence electrons. The zero-order valence-corrected chi connectivity index (χ0v) is 7.36. The number of rotatable bonds is 2. The van der Waals surface area contributed by atoms with Crippen LogP contribution in [0.25, 0.3) is 0 Å². The van der Waals surface area contributed by atoms with Crippen molar-refractivity contribution in [2.45, 2.75) is 24.4 Å². The van der Waals surface area contributed by atoms with E-state index < -0.39 is 31.0 Å². The molecule has 0 aliphatic carbocycles. The Hall–Kier alpha value is -0.500. The summed E-state index contributed by atoms with van der Waals surface area (Å²) in [4.78, 5) is 0. The first-order valence-electron chi connectivity index (χ1n) is 4.04. The van der Waals surface area contributed by atoms with E-state index in [9.17, 15) is 26.3 Å². The van der Waals surface area contributed by atoms with E-state index in [1.807, 2.05) is 0 Å². The molecule has 0 spiro atoms. The lowest BCUT2D eigenvalue weighted by atomic mass is 10.1. The first-order valence-corrected chi connectivity index (χ1v) is 4.04. The van der Waals surface area contributed by atoms with Crippen molar-refractivity contribution in [1.29, 1.82) is 0 Å². The summed E-state index contributed by atoms with van der Waals surface area (Å²) in [6, 6.07) is 0.